The molecule has 188 valence electrons. The maximum absolute atomic E-state index is 2.72. The van der Waals surface area contributed by atoms with Crippen LogP contribution in [0.15, 0.2) is 0 Å². The van der Waals surface area contributed by atoms with Crippen molar-refractivity contribution in [2.24, 2.45) is 0 Å². The Bertz CT molecular complexity index is 1610. The van der Waals surface area contributed by atoms with Gasteiger partial charge in [0.2, 0.25) is 0 Å². The fourth-order valence-corrected chi connectivity index (χ4v) is 7.09. The first-order chi connectivity index (χ1) is 16.8. The molecular weight excluding hydrogens is 434 g/mol. The van der Waals surface area contributed by atoms with Gasteiger partial charge >= 0.3 is 0 Å². The molecule has 0 saturated heterocycles. The van der Waals surface area contributed by atoms with Crippen molar-refractivity contribution >= 4 is 10.9 Å². The van der Waals surface area contributed by atoms with Gasteiger partial charge in [0, 0.05) is 23.9 Å². The number of nitrogens with zero attached hydrogens (tertiary/aromatic N) is 1. The van der Waals surface area contributed by atoms with Crippen LogP contribution in [-0.4, -0.2) is 4.57 Å². The molecule has 0 N–H and O–H groups in total. The third-order valence-electron chi connectivity index (χ3n) is 10.7. The van der Waals surface area contributed by atoms with Crippen molar-refractivity contribution in [1.82, 2.24) is 4.57 Å². The largest absolute Gasteiger partial charge is 0.335 e. The Kier molecular flexibility index (Phi) is 5.60. The van der Waals surface area contributed by atoms with Crippen LogP contribution in [0.2, 0.25) is 0 Å². The Morgan fingerprint density at radius 3 is 1.47 bits per heavy atom. The number of fused-ring (bicyclic) bond motifs is 5. The van der Waals surface area contributed by atoms with E-state index >= 15 is 0 Å². The third-order valence-corrected chi connectivity index (χ3v) is 10.7. The summed E-state index contributed by atoms with van der Waals surface area (Å²) in [5, 5.41) is 1.51. The molecule has 0 radical (unpaired) electrons. The number of rotatable bonds is 2. The second-order valence-electron chi connectivity index (χ2n) is 11.8. The van der Waals surface area contributed by atoms with Crippen LogP contribution in [-0.2, 0) is 13.0 Å². The molecule has 5 rings (SSSR count). The van der Waals surface area contributed by atoms with Crippen LogP contribution in [0.4, 0.5) is 0 Å². The Balaban J connectivity index is 1.96. The highest BCUT2D eigenvalue weighted by molar-refractivity contribution is 6.01. The maximum Gasteiger partial charge on any atom is 0.0536 e. The van der Waals surface area contributed by atoms with Gasteiger partial charge in [-0.25, -0.2) is 0 Å². The monoisotopic (exact) mass is 477 g/mol. The second-order valence-corrected chi connectivity index (χ2v) is 11.8. The summed E-state index contributed by atoms with van der Waals surface area (Å²) in [5.41, 5.74) is 27.9. The van der Waals surface area contributed by atoms with E-state index in [9.17, 15) is 0 Å². The minimum absolute atomic E-state index is 0.930. The molecule has 0 fully saturated rings. The van der Waals surface area contributed by atoms with Crippen molar-refractivity contribution in [2.75, 3.05) is 0 Å². The minimum atomic E-state index is 0.930. The molecule has 0 amide bonds. The van der Waals surface area contributed by atoms with Crippen molar-refractivity contribution in [3.63, 3.8) is 0 Å². The highest BCUT2D eigenvalue weighted by atomic mass is 15.0. The molecule has 36 heavy (non-hydrogen) atoms. The van der Waals surface area contributed by atoms with E-state index < -0.39 is 0 Å². The molecule has 1 aliphatic rings. The van der Waals surface area contributed by atoms with Gasteiger partial charge in [-0.2, -0.15) is 0 Å². The summed E-state index contributed by atoms with van der Waals surface area (Å²) in [5.74, 6) is 0. The van der Waals surface area contributed by atoms with Gasteiger partial charge in [0.1, 0.15) is 0 Å². The zero-order valence-corrected chi connectivity index (χ0v) is 24.9. The fourth-order valence-electron chi connectivity index (χ4n) is 7.09. The summed E-state index contributed by atoms with van der Waals surface area (Å²) in [6.45, 7) is 31.1. The number of aryl methyl sites for hydroxylation is 2. The number of aromatic nitrogens is 1. The van der Waals surface area contributed by atoms with E-state index in [1.807, 2.05) is 0 Å². The predicted molar refractivity (Wildman–Crippen MR) is 157 cm³/mol. The lowest BCUT2D eigenvalue weighted by molar-refractivity contribution is 0.821. The van der Waals surface area contributed by atoms with E-state index in [-0.39, 0.29) is 0 Å². The topological polar surface area (TPSA) is 4.93 Å². The predicted octanol–water partition coefficient (Wildman–Crippen LogP) is 9.27. The average Bonchev–Trinajstić information content (AvgIpc) is 3.39. The highest BCUT2D eigenvalue weighted by Crippen LogP contribution is 2.50. The number of hydrogen-bond acceptors (Lipinski definition) is 0. The van der Waals surface area contributed by atoms with Crippen LogP contribution in [0.1, 0.15) is 89.0 Å². The van der Waals surface area contributed by atoms with Gasteiger partial charge in [0.15, 0.2) is 0 Å². The van der Waals surface area contributed by atoms with E-state index in [1.54, 1.807) is 11.1 Å². The van der Waals surface area contributed by atoms with Crippen molar-refractivity contribution in [3.05, 3.63) is 89.0 Å². The molecule has 0 spiro atoms. The maximum atomic E-state index is 2.72. The first-order valence-corrected chi connectivity index (χ1v) is 13.6. The quantitative estimate of drug-likeness (QED) is 0.239. The van der Waals surface area contributed by atoms with Crippen molar-refractivity contribution in [2.45, 2.75) is 103 Å². The fraction of sp³-hybridized carbons (Fsp3) is 0.429. The standard InChI is InChI=1S/C35H43N/c1-16-17(2)24(9)31(25(10)18(16)3)15-36-34-28(13)22(7)21(6)27(12)33(34)30-14-29-23(8)19(4)20(5)26(11)32(29)35(30)36/h14-15H2,1-13H3. The van der Waals surface area contributed by atoms with Gasteiger partial charge in [0.05, 0.1) is 11.2 Å². The zero-order valence-electron chi connectivity index (χ0n) is 24.9. The minimum Gasteiger partial charge on any atom is -0.335 e. The Morgan fingerprint density at radius 1 is 0.444 bits per heavy atom. The van der Waals surface area contributed by atoms with Gasteiger partial charge < -0.3 is 4.57 Å². The van der Waals surface area contributed by atoms with Gasteiger partial charge in [-0.05, 0) is 179 Å². The molecule has 3 aromatic carbocycles. The van der Waals surface area contributed by atoms with E-state index in [2.05, 4.69) is 94.6 Å². The zero-order chi connectivity index (χ0) is 26.5. The molecule has 0 bridgehead atoms. The molecule has 0 unspecified atom stereocenters. The van der Waals surface area contributed by atoms with Crippen LogP contribution in [0.5, 0.6) is 0 Å². The Labute approximate surface area is 218 Å². The summed E-state index contributed by atoms with van der Waals surface area (Å²) in [4.78, 5) is 0. The molecule has 0 aliphatic heterocycles. The van der Waals surface area contributed by atoms with E-state index in [0.29, 0.717) is 0 Å². The molecule has 1 aromatic heterocycles. The van der Waals surface area contributed by atoms with Gasteiger partial charge in [-0.3, -0.25) is 0 Å². The summed E-state index contributed by atoms with van der Waals surface area (Å²) in [6, 6.07) is 0. The van der Waals surface area contributed by atoms with Crippen LogP contribution in [0, 0.1) is 90.0 Å². The molecule has 1 heterocycles. The van der Waals surface area contributed by atoms with Crippen LogP contribution in [0.25, 0.3) is 22.2 Å². The first kappa shape index (κ1) is 24.9. The summed E-state index contributed by atoms with van der Waals surface area (Å²) < 4.78 is 2.72. The lowest BCUT2D eigenvalue weighted by atomic mass is 9.88. The van der Waals surface area contributed by atoms with Gasteiger partial charge in [-0.15, -0.1) is 0 Å². The van der Waals surface area contributed by atoms with Crippen molar-refractivity contribution in [1.29, 1.82) is 0 Å². The van der Waals surface area contributed by atoms with E-state index in [0.717, 1.165) is 13.0 Å². The lowest BCUT2D eigenvalue weighted by Gasteiger charge is -2.23. The molecule has 0 atom stereocenters. The van der Waals surface area contributed by atoms with Crippen molar-refractivity contribution in [3.8, 4) is 11.3 Å². The summed E-state index contributed by atoms with van der Waals surface area (Å²) in [7, 11) is 0. The first-order valence-electron chi connectivity index (χ1n) is 13.6. The average molecular weight is 478 g/mol. The molecule has 0 saturated carbocycles. The number of benzene rings is 3. The smallest absolute Gasteiger partial charge is 0.0536 e. The van der Waals surface area contributed by atoms with Crippen LogP contribution in [0.3, 0.4) is 0 Å². The van der Waals surface area contributed by atoms with Crippen LogP contribution >= 0.6 is 0 Å². The van der Waals surface area contributed by atoms with E-state index in [4.69, 9.17) is 0 Å². The molecule has 4 aromatic rings. The summed E-state index contributed by atoms with van der Waals surface area (Å²) >= 11 is 0. The van der Waals surface area contributed by atoms with Crippen molar-refractivity contribution < 1.29 is 0 Å². The number of hydrogen-bond donors (Lipinski definition) is 0. The molecule has 1 nitrogen and oxygen atoms in total. The highest BCUT2D eigenvalue weighted by Gasteiger charge is 2.33. The second kappa shape index (κ2) is 8.10. The normalized spacial score (nSPS) is 12.6. The third kappa shape index (κ3) is 3.01. The summed E-state index contributed by atoms with van der Waals surface area (Å²) in [6.07, 6.45) is 1.05. The van der Waals surface area contributed by atoms with E-state index in [1.165, 1.54) is 100 Å². The Hall–Kier alpha value is -2.80. The SMILES string of the molecule is Cc1c(C)c(C)c(Cn2c3c(c4c(C)c(C)c(C)c(C)c42)Cc2c(C)c(C)c(C)c(C)c2-3)c(C)c1C. The molecule has 1 heteroatoms. The van der Waals surface area contributed by atoms with Gasteiger partial charge in [0.25, 0.3) is 0 Å². The molecule has 1 aliphatic carbocycles. The Morgan fingerprint density at radius 2 is 0.889 bits per heavy atom. The molecular formula is C35H43N. The van der Waals surface area contributed by atoms with Gasteiger partial charge in [-0.1, -0.05) is 0 Å². The van der Waals surface area contributed by atoms with Crippen LogP contribution < -0.4 is 0 Å². The lowest BCUT2D eigenvalue weighted by Crippen LogP contribution is -2.11.